The molecule has 1 aromatic carbocycles. The Morgan fingerprint density at radius 2 is 1.81 bits per heavy atom. The van der Waals surface area contributed by atoms with Crippen molar-refractivity contribution in [3.05, 3.63) is 28.8 Å². The van der Waals surface area contributed by atoms with Crippen molar-refractivity contribution in [2.45, 2.75) is 73.5 Å². The van der Waals surface area contributed by atoms with Crippen LogP contribution >= 0.6 is 11.6 Å². The number of hydrogen-bond acceptors (Lipinski definition) is 7. The molecule has 2 atom stereocenters. The fourth-order valence-corrected chi connectivity index (χ4v) is 7.43. The molecule has 1 unspecified atom stereocenters. The summed E-state index contributed by atoms with van der Waals surface area (Å²) in [5.74, 6) is -3.02. The van der Waals surface area contributed by atoms with E-state index >= 15 is 0 Å². The summed E-state index contributed by atoms with van der Waals surface area (Å²) < 4.78 is 68.2. The van der Waals surface area contributed by atoms with Gasteiger partial charge >= 0.3 is 18.2 Å². The van der Waals surface area contributed by atoms with E-state index in [1.54, 1.807) is 6.92 Å². The topological polar surface area (TPSA) is 125 Å². The van der Waals surface area contributed by atoms with Crippen LogP contribution in [0.1, 0.15) is 39.0 Å². The molecule has 204 valence electrons. The highest BCUT2D eigenvalue weighted by Gasteiger charge is 2.45. The van der Waals surface area contributed by atoms with Crippen LogP contribution < -0.4 is 10.6 Å². The first-order valence-corrected chi connectivity index (χ1v) is 13.7. The second-order valence-electron chi connectivity index (χ2n) is 9.55. The molecule has 9 nitrogen and oxygen atoms in total. The number of halogens is 4. The third-order valence-electron chi connectivity index (χ3n) is 7.04. The van der Waals surface area contributed by atoms with Crippen molar-refractivity contribution < 1.29 is 41.0 Å². The molecule has 2 aliphatic carbocycles. The van der Waals surface area contributed by atoms with Crippen LogP contribution in [-0.2, 0) is 19.4 Å². The highest BCUT2D eigenvalue weighted by molar-refractivity contribution is 7.92. The summed E-state index contributed by atoms with van der Waals surface area (Å²) in [7, 11) is -3.98. The monoisotopic (exact) mass is 565 g/mol. The largest absolute Gasteiger partial charge is 0.504 e. The first-order valence-electron chi connectivity index (χ1n) is 11.8. The molecule has 2 amide bonds. The molecule has 1 aromatic rings. The fourth-order valence-electron chi connectivity index (χ4n) is 4.95. The lowest BCUT2D eigenvalue weighted by Crippen LogP contribution is -2.48. The number of phenolic OH excluding ortho intramolecular Hbond substituents is 1. The van der Waals surface area contributed by atoms with Crippen LogP contribution in [0.3, 0.4) is 0 Å². The molecule has 1 heterocycles. The molecule has 0 bridgehead atoms. The van der Waals surface area contributed by atoms with E-state index in [0.29, 0.717) is 18.4 Å². The number of esters is 1. The number of hydrogen-bond donors (Lipinski definition) is 3. The molecule has 1 aliphatic heterocycles. The Morgan fingerprint density at radius 3 is 2.43 bits per heavy atom. The Kier molecular flexibility index (Phi) is 7.69. The summed E-state index contributed by atoms with van der Waals surface area (Å²) in [4.78, 5) is 25.4. The van der Waals surface area contributed by atoms with Crippen molar-refractivity contribution >= 4 is 39.1 Å². The number of phenols is 1. The average molecular weight is 566 g/mol. The summed E-state index contributed by atoms with van der Waals surface area (Å²) in [6.07, 6.45) is -2.08. The van der Waals surface area contributed by atoms with Gasteiger partial charge in [-0.2, -0.15) is 13.2 Å². The summed E-state index contributed by atoms with van der Waals surface area (Å²) >= 11 is 6.15. The summed E-state index contributed by atoms with van der Waals surface area (Å²) in [6, 6.07) is 1.08. The van der Waals surface area contributed by atoms with Crippen LogP contribution in [0.4, 0.5) is 23.7 Å². The lowest BCUT2D eigenvalue weighted by Gasteiger charge is -2.40. The van der Waals surface area contributed by atoms with Gasteiger partial charge in [0.2, 0.25) is 0 Å². The van der Waals surface area contributed by atoms with Crippen molar-refractivity contribution in [2.75, 3.05) is 18.4 Å². The van der Waals surface area contributed by atoms with E-state index in [2.05, 4.69) is 20.3 Å². The molecule has 4 rings (SSSR count). The number of nitrogens with zero attached hydrogens (tertiary/aromatic N) is 1. The van der Waals surface area contributed by atoms with Crippen LogP contribution in [0.5, 0.6) is 5.75 Å². The van der Waals surface area contributed by atoms with Crippen LogP contribution in [-0.4, -0.2) is 73.1 Å². The molecule has 0 aromatic heterocycles. The van der Waals surface area contributed by atoms with Crippen molar-refractivity contribution in [3.8, 4) is 5.75 Å². The molecule has 37 heavy (non-hydrogen) atoms. The van der Waals surface area contributed by atoms with Crippen molar-refractivity contribution in [1.82, 2.24) is 10.2 Å². The number of urea groups is 1. The van der Waals surface area contributed by atoms with Gasteiger partial charge in [-0.25, -0.2) is 18.0 Å². The van der Waals surface area contributed by atoms with Gasteiger partial charge in [0.15, 0.2) is 15.6 Å². The molecule has 1 saturated carbocycles. The zero-order chi connectivity index (χ0) is 27.1. The van der Waals surface area contributed by atoms with E-state index < -0.39 is 56.1 Å². The number of rotatable bonds is 6. The first-order chi connectivity index (χ1) is 17.3. The van der Waals surface area contributed by atoms with Gasteiger partial charge in [0.1, 0.15) is 11.0 Å². The number of anilines is 1. The number of nitrogens with one attached hydrogen (secondary N) is 2. The molecule has 2 fully saturated rings. The maximum Gasteiger partial charge on any atom is 0.490 e. The normalized spacial score (nSPS) is 26.4. The van der Waals surface area contributed by atoms with Crippen LogP contribution in [0, 0.1) is 0 Å². The molecular weight excluding hydrogens is 539 g/mol. The third-order valence-corrected chi connectivity index (χ3v) is 9.72. The van der Waals surface area contributed by atoms with Crippen LogP contribution in [0.15, 0.2) is 28.7 Å². The lowest BCUT2D eigenvalue weighted by atomic mass is 9.91. The average Bonchev–Trinajstić information content (AvgIpc) is 3.38. The smallest absolute Gasteiger partial charge is 0.490 e. The minimum Gasteiger partial charge on any atom is -0.504 e. The zero-order valence-electron chi connectivity index (χ0n) is 19.8. The molecule has 0 radical (unpaired) electrons. The minimum absolute atomic E-state index is 0.118. The van der Waals surface area contributed by atoms with Gasteiger partial charge in [-0.05, 0) is 63.9 Å². The number of sulfone groups is 1. The second kappa shape index (κ2) is 10.3. The SMILES string of the molecule is CC1=CC(OC(=O)C(F)(F)F)C[C@H]1NC(=O)Nc1ccc(Cl)c(S(=O)(=O)C2CC(N3CCCC3)C2)c1O. The molecular formula is C23H27ClF3N3O6S. The molecule has 1 saturated heterocycles. The van der Waals surface area contributed by atoms with E-state index in [1.807, 2.05) is 0 Å². The quantitative estimate of drug-likeness (QED) is 0.272. The number of carbonyl (C=O) groups is 2. The van der Waals surface area contributed by atoms with E-state index in [1.165, 1.54) is 18.2 Å². The minimum atomic E-state index is -5.14. The van der Waals surface area contributed by atoms with E-state index in [0.717, 1.165) is 25.9 Å². The van der Waals surface area contributed by atoms with Gasteiger partial charge in [-0.3, -0.25) is 0 Å². The highest BCUT2D eigenvalue weighted by atomic mass is 35.5. The van der Waals surface area contributed by atoms with Gasteiger partial charge in [-0.1, -0.05) is 17.2 Å². The van der Waals surface area contributed by atoms with Crippen molar-refractivity contribution in [3.63, 3.8) is 0 Å². The number of alkyl halides is 3. The zero-order valence-corrected chi connectivity index (χ0v) is 21.4. The third kappa shape index (κ3) is 5.83. The Balaban J connectivity index is 1.40. The highest BCUT2D eigenvalue weighted by Crippen LogP contribution is 2.43. The fraction of sp³-hybridized carbons (Fsp3) is 0.565. The number of amides is 2. The Morgan fingerprint density at radius 1 is 1.16 bits per heavy atom. The van der Waals surface area contributed by atoms with Crippen molar-refractivity contribution in [2.24, 2.45) is 0 Å². The number of carbonyl (C=O) groups excluding carboxylic acids is 2. The van der Waals surface area contributed by atoms with E-state index in [4.69, 9.17) is 11.6 Å². The number of ether oxygens (including phenoxy) is 1. The molecule has 14 heteroatoms. The molecule has 3 aliphatic rings. The van der Waals surface area contributed by atoms with Crippen LogP contribution in [0.25, 0.3) is 0 Å². The maximum absolute atomic E-state index is 13.3. The summed E-state index contributed by atoms with van der Waals surface area (Å²) in [6.45, 7) is 3.43. The Hall–Kier alpha value is -2.51. The number of aromatic hydroxyl groups is 1. The van der Waals surface area contributed by atoms with E-state index in [-0.39, 0.29) is 23.2 Å². The molecule has 0 spiro atoms. The number of benzene rings is 1. The predicted octanol–water partition coefficient (Wildman–Crippen LogP) is 3.76. The lowest BCUT2D eigenvalue weighted by molar-refractivity contribution is -0.202. The van der Waals surface area contributed by atoms with Gasteiger partial charge in [0, 0.05) is 12.5 Å². The van der Waals surface area contributed by atoms with Crippen LogP contribution in [0.2, 0.25) is 5.02 Å². The standard InChI is InChI=1S/C23H27ClF3N3O6S/c1-12-8-14(36-21(32)23(25,26)27)11-18(12)29-22(33)28-17-5-4-16(24)20(19(17)31)37(34,35)15-9-13(10-15)30-6-2-3-7-30/h4-5,8,13-15,18,31H,2-3,6-7,9-11H2,1H3,(H2,28,29,33)/t13?,14?,15?,18-/m1/s1. The van der Waals surface area contributed by atoms with Crippen molar-refractivity contribution in [1.29, 1.82) is 0 Å². The first kappa shape index (κ1) is 27.5. The van der Waals surface area contributed by atoms with Gasteiger partial charge in [-0.15, -0.1) is 0 Å². The molecule has 3 N–H and O–H groups in total. The summed E-state index contributed by atoms with van der Waals surface area (Å²) in [5.41, 5.74) is 0.270. The Labute approximate surface area is 216 Å². The number of likely N-dealkylation sites (tertiary alicyclic amines) is 1. The van der Waals surface area contributed by atoms with Gasteiger partial charge in [0.25, 0.3) is 0 Å². The van der Waals surface area contributed by atoms with Gasteiger partial charge < -0.3 is 25.4 Å². The van der Waals surface area contributed by atoms with Gasteiger partial charge in [0.05, 0.1) is 22.0 Å². The van der Waals surface area contributed by atoms with E-state index in [9.17, 15) is 36.3 Å². The summed E-state index contributed by atoms with van der Waals surface area (Å²) in [5, 5.41) is 14.7. The Bertz CT molecular complexity index is 1210. The predicted molar refractivity (Wildman–Crippen MR) is 128 cm³/mol. The second-order valence-corrected chi connectivity index (χ2v) is 12.1. The maximum atomic E-state index is 13.3.